The normalized spacial score (nSPS) is 18.2. The lowest BCUT2D eigenvalue weighted by Gasteiger charge is -2.34. The summed E-state index contributed by atoms with van der Waals surface area (Å²) in [5.74, 6) is 0.551. The number of methoxy groups -OCH3 is 1. The number of nitrogens with two attached hydrogens (primary N) is 1. The highest BCUT2D eigenvalue weighted by Gasteiger charge is 2.30. The molecule has 3 N–H and O–H groups in total. The van der Waals surface area contributed by atoms with E-state index in [1.165, 1.54) is 0 Å². The van der Waals surface area contributed by atoms with Crippen molar-refractivity contribution < 1.29 is 9.84 Å². The lowest BCUT2D eigenvalue weighted by atomic mass is 9.76. The van der Waals surface area contributed by atoms with Crippen LogP contribution in [-0.2, 0) is 4.74 Å². The second kappa shape index (κ2) is 6.38. The van der Waals surface area contributed by atoms with Gasteiger partial charge in [0.25, 0.3) is 0 Å². The zero-order valence-corrected chi connectivity index (χ0v) is 9.92. The van der Waals surface area contributed by atoms with Gasteiger partial charge in [0.2, 0.25) is 0 Å². The first kappa shape index (κ1) is 13.9. The summed E-state index contributed by atoms with van der Waals surface area (Å²) >= 11 is 0. The van der Waals surface area contributed by atoms with Gasteiger partial charge in [-0.3, -0.25) is 0 Å². The molecule has 0 amide bonds. The molecule has 0 aliphatic carbocycles. The van der Waals surface area contributed by atoms with E-state index in [9.17, 15) is 5.11 Å². The average Bonchev–Trinajstić information content (AvgIpc) is 2.15. The van der Waals surface area contributed by atoms with E-state index in [4.69, 9.17) is 10.5 Å². The third-order valence-electron chi connectivity index (χ3n) is 2.73. The van der Waals surface area contributed by atoms with Crippen LogP contribution in [0, 0.1) is 11.3 Å². The van der Waals surface area contributed by atoms with Crippen molar-refractivity contribution in [3.8, 4) is 0 Å². The number of rotatable bonds is 7. The van der Waals surface area contributed by atoms with E-state index in [2.05, 4.69) is 13.8 Å². The molecule has 86 valence electrons. The molecule has 0 bridgehead atoms. The van der Waals surface area contributed by atoms with E-state index >= 15 is 0 Å². The van der Waals surface area contributed by atoms with Crippen molar-refractivity contribution in [2.45, 2.75) is 39.7 Å². The summed E-state index contributed by atoms with van der Waals surface area (Å²) in [5.41, 5.74) is 5.59. The Hall–Kier alpha value is -0.120. The molecule has 0 aromatic carbocycles. The summed E-state index contributed by atoms with van der Waals surface area (Å²) in [6.07, 6.45) is 1.94. The second-order valence-electron chi connectivity index (χ2n) is 4.71. The fraction of sp³-hybridized carbons (Fsp3) is 1.00. The summed E-state index contributed by atoms with van der Waals surface area (Å²) in [6, 6.07) is 0. The third kappa shape index (κ3) is 4.40. The maximum atomic E-state index is 9.43. The number of ether oxygens (including phenoxy) is 1. The molecule has 0 aromatic rings. The Morgan fingerprint density at radius 3 is 2.14 bits per heavy atom. The van der Waals surface area contributed by atoms with Gasteiger partial charge in [-0.1, -0.05) is 13.8 Å². The first-order valence-electron chi connectivity index (χ1n) is 5.33. The average molecular weight is 203 g/mol. The van der Waals surface area contributed by atoms with Crippen LogP contribution in [0.1, 0.15) is 33.6 Å². The van der Waals surface area contributed by atoms with E-state index < -0.39 is 0 Å². The molecule has 0 saturated heterocycles. The number of hydrogen-bond donors (Lipinski definition) is 2. The zero-order chi connectivity index (χ0) is 11.2. The van der Waals surface area contributed by atoms with Crippen molar-refractivity contribution in [1.82, 2.24) is 0 Å². The zero-order valence-electron chi connectivity index (χ0n) is 9.92. The minimum absolute atomic E-state index is 0.148. The quantitative estimate of drug-likeness (QED) is 0.657. The Kier molecular flexibility index (Phi) is 6.33. The molecule has 0 heterocycles. The summed E-state index contributed by atoms with van der Waals surface area (Å²) < 4.78 is 5.22. The molecule has 2 unspecified atom stereocenters. The maximum Gasteiger partial charge on any atom is 0.0549 e. The van der Waals surface area contributed by atoms with Crippen molar-refractivity contribution >= 4 is 0 Å². The van der Waals surface area contributed by atoms with Crippen LogP contribution < -0.4 is 5.73 Å². The lowest BCUT2D eigenvalue weighted by Crippen LogP contribution is -2.38. The molecule has 3 nitrogen and oxygen atoms in total. The molecular weight excluding hydrogens is 178 g/mol. The Labute approximate surface area is 87.6 Å². The van der Waals surface area contributed by atoms with Gasteiger partial charge in [0.15, 0.2) is 0 Å². The lowest BCUT2D eigenvalue weighted by molar-refractivity contribution is 0.0248. The molecule has 0 fully saturated rings. The fourth-order valence-corrected chi connectivity index (χ4v) is 2.00. The molecule has 0 radical (unpaired) electrons. The summed E-state index contributed by atoms with van der Waals surface area (Å²) in [5, 5.41) is 9.43. The highest BCUT2D eigenvalue weighted by molar-refractivity contribution is 4.83. The van der Waals surface area contributed by atoms with E-state index in [0.29, 0.717) is 12.5 Å². The monoisotopic (exact) mass is 203 g/mol. The van der Waals surface area contributed by atoms with Crippen LogP contribution in [0.25, 0.3) is 0 Å². The van der Waals surface area contributed by atoms with Crippen molar-refractivity contribution in [3.05, 3.63) is 0 Å². The number of aliphatic hydroxyl groups is 1. The van der Waals surface area contributed by atoms with Crippen LogP contribution >= 0.6 is 0 Å². The van der Waals surface area contributed by atoms with Crippen molar-refractivity contribution in [2.24, 2.45) is 17.1 Å². The summed E-state index contributed by atoms with van der Waals surface area (Å²) in [6.45, 7) is 6.99. The van der Waals surface area contributed by atoms with Crippen LogP contribution in [0.3, 0.4) is 0 Å². The van der Waals surface area contributed by atoms with Gasteiger partial charge in [0.1, 0.15) is 0 Å². The molecule has 0 saturated carbocycles. The predicted molar refractivity (Wildman–Crippen MR) is 59.1 cm³/mol. The van der Waals surface area contributed by atoms with Gasteiger partial charge in [0.05, 0.1) is 12.7 Å². The van der Waals surface area contributed by atoms with Gasteiger partial charge in [-0.05, 0) is 25.7 Å². The Morgan fingerprint density at radius 1 is 1.29 bits per heavy atom. The second-order valence-corrected chi connectivity index (χ2v) is 4.71. The van der Waals surface area contributed by atoms with Crippen molar-refractivity contribution in [2.75, 3.05) is 20.3 Å². The highest BCUT2D eigenvalue weighted by atomic mass is 16.5. The molecule has 14 heavy (non-hydrogen) atoms. The SMILES string of the molecule is COC(C)CC(CN)(CO)CC(C)C. The Balaban J connectivity index is 4.36. The molecule has 0 aliphatic heterocycles. The van der Waals surface area contributed by atoms with Crippen molar-refractivity contribution in [1.29, 1.82) is 0 Å². The molecule has 2 atom stereocenters. The molecule has 0 aliphatic rings. The third-order valence-corrected chi connectivity index (χ3v) is 2.73. The largest absolute Gasteiger partial charge is 0.396 e. The molecule has 3 heteroatoms. The van der Waals surface area contributed by atoms with Crippen LogP contribution in [0.2, 0.25) is 0 Å². The number of hydrogen-bond acceptors (Lipinski definition) is 3. The fourth-order valence-electron chi connectivity index (χ4n) is 2.00. The molecular formula is C11H25NO2. The number of aliphatic hydroxyl groups excluding tert-OH is 1. The molecule has 0 spiro atoms. The topological polar surface area (TPSA) is 55.5 Å². The van der Waals surface area contributed by atoms with Gasteiger partial charge < -0.3 is 15.6 Å². The van der Waals surface area contributed by atoms with Gasteiger partial charge in [-0.15, -0.1) is 0 Å². The standard InChI is InChI=1S/C11H25NO2/c1-9(2)5-11(7-12,8-13)6-10(3)14-4/h9-10,13H,5-8,12H2,1-4H3. The van der Waals surface area contributed by atoms with E-state index in [1.54, 1.807) is 7.11 Å². The summed E-state index contributed by atoms with van der Waals surface area (Å²) in [7, 11) is 1.69. The van der Waals surface area contributed by atoms with Gasteiger partial charge >= 0.3 is 0 Å². The minimum Gasteiger partial charge on any atom is -0.396 e. The molecule has 0 aromatic heterocycles. The summed E-state index contributed by atoms with van der Waals surface area (Å²) in [4.78, 5) is 0. The van der Waals surface area contributed by atoms with Gasteiger partial charge in [0, 0.05) is 19.1 Å². The van der Waals surface area contributed by atoms with Crippen LogP contribution in [-0.4, -0.2) is 31.5 Å². The smallest absolute Gasteiger partial charge is 0.0549 e. The molecule has 0 rings (SSSR count). The predicted octanol–water partition coefficient (Wildman–Crippen LogP) is 1.39. The van der Waals surface area contributed by atoms with E-state index in [1.807, 2.05) is 6.92 Å². The van der Waals surface area contributed by atoms with E-state index in [-0.39, 0.29) is 18.1 Å². The minimum atomic E-state index is -0.163. The Morgan fingerprint density at radius 2 is 1.86 bits per heavy atom. The Bertz CT molecular complexity index is 144. The van der Waals surface area contributed by atoms with Gasteiger partial charge in [-0.2, -0.15) is 0 Å². The maximum absolute atomic E-state index is 9.43. The van der Waals surface area contributed by atoms with Crippen LogP contribution in [0.15, 0.2) is 0 Å². The first-order chi connectivity index (χ1) is 6.49. The highest BCUT2D eigenvalue weighted by Crippen LogP contribution is 2.30. The van der Waals surface area contributed by atoms with Crippen molar-refractivity contribution in [3.63, 3.8) is 0 Å². The van der Waals surface area contributed by atoms with Crippen LogP contribution in [0.5, 0.6) is 0 Å². The van der Waals surface area contributed by atoms with Crippen LogP contribution in [0.4, 0.5) is 0 Å². The first-order valence-corrected chi connectivity index (χ1v) is 5.33. The van der Waals surface area contributed by atoms with E-state index in [0.717, 1.165) is 12.8 Å². The van der Waals surface area contributed by atoms with Gasteiger partial charge in [-0.25, -0.2) is 0 Å².